The lowest BCUT2D eigenvalue weighted by Crippen LogP contribution is -2.43. The Morgan fingerprint density at radius 1 is 1.08 bits per heavy atom. The third kappa shape index (κ3) is 6.60. The van der Waals surface area contributed by atoms with Crippen molar-refractivity contribution in [3.8, 4) is 5.75 Å². The molecule has 1 fully saturated rings. The first-order chi connectivity index (χ1) is 11.1. The molecule has 24 heavy (non-hydrogen) atoms. The Labute approximate surface area is 152 Å². The first kappa shape index (κ1) is 21.2. The second-order valence-corrected chi connectivity index (χ2v) is 6.58. The summed E-state index contributed by atoms with van der Waals surface area (Å²) in [5, 5.41) is 13.3. The molecule has 4 nitrogen and oxygen atoms in total. The summed E-state index contributed by atoms with van der Waals surface area (Å²) >= 11 is 0. The van der Waals surface area contributed by atoms with Crippen molar-refractivity contribution < 1.29 is 14.6 Å². The van der Waals surface area contributed by atoms with E-state index >= 15 is 0 Å². The third-order valence-electron chi connectivity index (χ3n) is 4.63. The van der Waals surface area contributed by atoms with Crippen LogP contribution in [-0.2, 0) is 4.74 Å². The second-order valence-electron chi connectivity index (χ2n) is 6.58. The number of benzene rings is 1. The van der Waals surface area contributed by atoms with Crippen molar-refractivity contribution in [2.45, 2.75) is 58.6 Å². The summed E-state index contributed by atoms with van der Waals surface area (Å²) in [5.41, 5.74) is 3.68. The highest BCUT2D eigenvalue weighted by atomic mass is 35.5. The SMILES string of the molecule is Cc1cc(C)c(C)c(OCCOCCN[C@H]2CCCC[C@@H]2O)c1.Cl. The molecule has 1 aliphatic carbocycles. The van der Waals surface area contributed by atoms with Crippen LogP contribution in [0.1, 0.15) is 42.4 Å². The Hall–Kier alpha value is -0.810. The monoisotopic (exact) mass is 357 g/mol. The van der Waals surface area contributed by atoms with Gasteiger partial charge in [0.2, 0.25) is 0 Å². The van der Waals surface area contributed by atoms with Crippen molar-refractivity contribution in [2.75, 3.05) is 26.4 Å². The minimum absolute atomic E-state index is 0. The summed E-state index contributed by atoms with van der Waals surface area (Å²) < 4.78 is 11.4. The lowest BCUT2D eigenvalue weighted by Gasteiger charge is -2.28. The Kier molecular flexibility index (Phi) is 9.67. The Morgan fingerprint density at radius 2 is 1.83 bits per heavy atom. The summed E-state index contributed by atoms with van der Waals surface area (Å²) in [5.74, 6) is 0.953. The van der Waals surface area contributed by atoms with Gasteiger partial charge in [-0.05, 0) is 56.4 Å². The van der Waals surface area contributed by atoms with E-state index in [9.17, 15) is 5.11 Å². The fourth-order valence-corrected chi connectivity index (χ4v) is 3.13. The molecule has 2 atom stereocenters. The number of ether oxygens (including phenoxy) is 2. The molecule has 2 N–H and O–H groups in total. The van der Waals surface area contributed by atoms with E-state index in [1.165, 1.54) is 23.1 Å². The van der Waals surface area contributed by atoms with E-state index in [4.69, 9.17) is 9.47 Å². The zero-order valence-corrected chi connectivity index (χ0v) is 16.0. The molecular weight excluding hydrogens is 326 g/mol. The van der Waals surface area contributed by atoms with E-state index in [0.717, 1.165) is 31.6 Å². The van der Waals surface area contributed by atoms with Gasteiger partial charge >= 0.3 is 0 Å². The molecule has 1 aromatic rings. The number of halogens is 1. The van der Waals surface area contributed by atoms with Crippen molar-refractivity contribution in [3.63, 3.8) is 0 Å². The molecule has 0 spiro atoms. The second kappa shape index (κ2) is 10.9. The normalized spacial score (nSPS) is 20.5. The van der Waals surface area contributed by atoms with Crippen molar-refractivity contribution in [3.05, 3.63) is 28.8 Å². The van der Waals surface area contributed by atoms with Crippen LogP contribution in [0.3, 0.4) is 0 Å². The van der Waals surface area contributed by atoms with Crippen LogP contribution in [0.2, 0.25) is 0 Å². The summed E-state index contributed by atoms with van der Waals surface area (Å²) in [7, 11) is 0. The molecule has 0 unspecified atom stereocenters. The first-order valence-corrected chi connectivity index (χ1v) is 8.78. The highest BCUT2D eigenvalue weighted by Gasteiger charge is 2.21. The number of hydrogen-bond acceptors (Lipinski definition) is 4. The van der Waals surface area contributed by atoms with Gasteiger partial charge in [-0.3, -0.25) is 0 Å². The number of hydrogen-bond donors (Lipinski definition) is 2. The van der Waals surface area contributed by atoms with E-state index in [2.05, 4.69) is 38.2 Å². The molecule has 1 saturated carbocycles. The van der Waals surface area contributed by atoms with Gasteiger partial charge < -0.3 is 19.9 Å². The van der Waals surface area contributed by atoms with Gasteiger partial charge in [0.25, 0.3) is 0 Å². The maximum atomic E-state index is 9.88. The van der Waals surface area contributed by atoms with Crippen LogP contribution in [0.5, 0.6) is 5.75 Å². The van der Waals surface area contributed by atoms with Crippen LogP contribution >= 0.6 is 12.4 Å². The van der Waals surface area contributed by atoms with E-state index in [1.54, 1.807) is 0 Å². The van der Waals surface area contributed by atoms with E-state index in [1.807, 2.05) is 0 Å². The highest BCUT2D eigenvalue weighted by molar-refractivity contribution is 5.85. The Bertz CT molecular complexity index is 496. The quantitative estimate of drug-likeness (QED) is 0.701. The van der Waals surface area contributed by atoms with Crippen molar-refractivity contribution >= 4 is 12.4 Å². The van der Waals surface area contributed by atoms with E-state index in [-0.39, 0.29) is 24.6 Å². The third-order valence-corrected chi connectivity index (χ3v) is 4.63. The van der Waals surface area contributed by atoms with Gasteiger partial charge in [-0.25, -0.2) is 0 Å². The largest absolute Gasteiger partial charge is 0.491 e. The Morgan fingerprint density at radius 3 is 2.58 bits per heavy atom. The van der Waals surface area contributed by atoms with Crippen molar-refractivity contribution in [1.82, 2.24) is 5.32 Å². The maximum absolute atomic E-state index is 9.88. The summed E-state index contributed by atoms with van der Waals surface area (Å²) in [6.07, 6.45) is 4.14. The molecular formula is C19H32ClNO3. The van der Waals surface area contributed by atoms with Gasteiger partial charge in [0.15, 0.2) is 0 Å². The van der Waals surface area contributed by atoms with Gasteiger partial charge in [0, 0.05) is 12.6 Å². The summed E-state index contributed by atoms with van der Waals surface area (Å²) in [6, 6.07) is 4.49. The lowest BCUT2D eigenvalue weighted by molar-refractivity contribution is 0.0732. The van der Waals surface area contributed by atoms with Crippen molar-refractivity contribution in [2.24, 2.45) is 0 Å². The van der Waals surface area contributed by atoms with Crippen LogP contribution < -0.4 is 10.1 Å². The Balaban J connectivity index is 0.00000288. The highest BCUT2D eigenvalue weighted by Crippen LogP contribution is 2.23. The van der Waals surface area contributed by atoms with Crippen LogP contribution in [0.25, 0.3) is 0 Å². The van der Waals surface area contributed by atoms with Gasteiger partial charge in [-0.1, -0.05) is 18.9 Å². The zero-order valence-electron chi connectivity index (χ0n) is 15.1. The fourth-order valence-electron chi connectivity index (χ4n) is 3.13. The van der Waals surface area contributed by atoms with Crippen LogP contribution in [0, 0.1) is 20.8 Å². The number of rotatable bonds is 8. The van der Waals surface area contributed by atoms with Crippen LogP contribution in [-0.4, -0.2) is 43.6 Å². The molecule has 0 aromatic heterocycles. The van der Waals surface area contributed by atoms with Crippen molar-refractivity contribution in [1.29, 1.82) is 0 Å². The molecule has 0 radical (unpaired) electrons. The summed E-state index contributed by atoms with van der Waals surface area (Å²) in [6.45, 7) is 8.86. The molecule has 0 saturated heterocycles. The minimum Gasteiger partial charge on any atom is -0.491 e. The number of nitrogens with one attached hydrogen (secondary N) is 1. The number of aryl methyl sites for hydroxylation is 2. The van der Waals surface area contributed by atoms with Gasteiger partial charge in [-0.15, -0.1) is 12.4 Å². The van der Waals surface area contributed by atoms with Crippen LogP contribution in [0.4, 0.5) is 0 Å². The van der Waals surface area contributed by atoms with Crippen LogP contribution in [0.15, 0.2) is 12.1 Å². The van der Waals surface area contributed by atoms with Gasteiger partial charge in [0.05, 0.1) is 19.3 Å². The average Bonchev–Trinajstić information content (AvgIpc) is 2.52. The molecule has 0 bridgehead atoms. The zero-order chi connectivity index (χ0) is 16.7. The minimum atomic E-state index is -0.195. The molecule has 0 heterocycles. The lowest BCUT2D eigenvalue weighted by atomic mass is 9.93. The van der Waals surface area contributed by atoms with E-state index in [0.29, 0.717) is 19.8 Å². The molecule has 0 amide bonds. The fraction of sp³-hybridized carbons (Fsp3) is 0.684. The first-order valence-electron chi connectivity index (χ1n) is 8.78. The molecule has 138 valence electrons. The molecule has 1 aliphatic rings. The topological polar surface area (TPSA) is 50.7 Å². The molecule has 5 heteroatoms. The predicted molar refractivity (Wildman–Crippen MR) is 100 cm³/mol. The van der Waals surface area contributed by atoms with E-state index < -0.39 is 0 Å². The maximum Gasteiger partial charge on any atom is 0.122 e. The number of aliphatic hydroxyl groups excluding tert-OH is 1. The number of aliphatic hydroxyl groups is 1. The molecule has 1 aromatic carbocycles. The molecule has 0 aliphatic heterocycles. The smallest absolute Gasteiger partial charge is 0.122 e. The predicted octanol–water partition coefficient (Wildman–Crippen LogP) is 3.32. The van der Waals surface area contributed by atoms with Gasteiger partial charge in [0.1, 0.15) is 12.4 Å². The standard InChI is InChI=1S/C19H31NO3.ClH/c1-14-12-15(2)16(3)19(13-14)23-11-10-22-9-8-20-17-6-4-5-7-18(17)21;/h12-13,17-18,20-21H,4-11H2,1-3H3;1H/t17-,18-;/m0./s1. The molecule has 2 rings (SSSR count). The summed E-state index contributed by atoms with van der Waals surface area (Å²) in [4.78, 5) is 0. The average molecular weight is 358 g/mol. The van der Waals surface area contributed by atoms with Gasteiger partial charge in [-0.2, -0.15) is 0 Å².